The monoisotopic (exact) mass is 367 g/mol. The van der Waals surface area contributed by atoms with Gasteiger partial charge in [-0.1, -0.05) is 53.2 Å². The molecular weight excluding hydrogens is 356 g/mol. The molecule has 7 heteroatoms. The fourth-order valence-electron chi connectivity index (χ4n) is 2.09. The summed E-state index contributed by atoms with van der Waals surface area (Å²) in [5.74, 6) is 0.851. The van der Waals surface area contributed by atoms with E-state index in [0.29, 0.717) is 32.3 Å². The highest BCUT2D eigenvalue weighted by Gasteiger charge is 2.14. The third-order valence-corrected chi connectivity index (χ3v) is 5.13. The number of halogens is 3. The van der Waals surface area contributed by atoms with Gasteiger partial charge >= 0.3 is 0 Å². The van der Waals surface area contributed by atoms with Crippen LogP contribution in [0.4, 0.5) is 4.39 Å². The predicted molar refractivity (Wildman–Crippen MR) is 92.4 cm³/mol. The molecule has 0 fully saturated rings. The van der Waals surface area contributed by atoms with E-state index in [4.69, 9.17) is 23.2 Å². The number of benzene rings is 2. The topological polar surface area (TPSA) is 30.7 Å². The van der Waals surface area contributed by atoms with Crippen LogP contribution >= 0.6 is 35.0 Å². The van der Waals surface area contributed by atoms with E-state index in [1.807, 2.05) is 19.2 Å². The Morgan fingerprint density at radius 1 is 1.09 bits per heavy atom. The number of thioether (sulfide) groups is 1. The fourth-order valence-corrected chi connectivity index (χ4v) is 3.27. The fraction of sp³-hybridized carbons (Fsp3) is 0.125. The molecule has 0 spiro atoms. The lowest BCUT2D eigenvalue weighted by Gasteiger charge is -2.05. The zero-order chi connectivity index (χ0) is 16.4. The molecule has 0 N–H and O–H groups in total. The quantitative estimate of drug-likeness (QED) is 0.592. The zero-order valence-corrected chi connectivity index (χ0v) is 14.5. The molecule has 0 saturated heterocycles. The summed E-state index contributed by atoms with van der Waals surface area (Å²) >= 11 is 13.4. The van der Waals surface area contributed by atoms with E-state index >= 15 is 0 Å². The van der Waals surface area contributed by atoms with Crippen molar-refractivity contribution in [3.8, 4) is 11.4 Å². The Kier molecular flexibility index (Phi) is 4.90. The summed E-state index contributed by atoms with van der Waals surface area (Å²) in [4.78, 5) is 0. The third-order valence-electron chi connectivity index (χ3n) is 3.30. The predicted octanol–water partition coefficient (Wildman–Crippen LogP) is 5.22. The minimum Gasteiger partial charge on any atom is -0.305 e. The van der Waals surface area contributed by atoms with Crippen LogP contribution in [-0.2, 0) is 12.8 Å². The van der Waals surface area contributed by atoms with E-state index in [9.17, 15) is 4.39 Å². The number of nitrogens with zero attached hydrogens (tertiary/aromatic N) is 3. The Hall–Kier alpha value is -1.56. The van der Waals surface area contributed by atoms with Gasteiger partial charge in [-0.2, -0.15) is 0 Å². The van der Waals surface area contributed by atoms with Crippen LogP contribution in [0, 0.1) is 5.82 Å². The van der Waals surface area contributed by atoms with Crippen molar-refractivity contribution < 1.29 is 4.39 Å². The van der Waals surface area contributed by atoms with E-state index in [1.165, 1.54) is 17.8 Å². The maximum Gasteiger partial charge on any atom is 0.191 e. The molecule has 0 saturated carbocycles. The van der Waals surface area contributed by atoms with Crippen molar-refractivity contribution in [3.05, 3.63) is 63.9 Å². The average molecular weight is 368 g/mol. The van der Waals surface area contributed by atoms with Gasteiger partial charge in [0.1, 0.15) is 5.82 Å². The summed E-state index contributed by atoms with van der Waals surface area (Å²) < 4.78 is 15.7. The molecule has 3 nitrogen and oxygen atoms in total. The first-order valence-electron chi connectivity index (χ1n) is 6.77. The second kappa shape index (κ2) is 6.91. The molecule has 0 radical (unpaired) electrons. The summed E-state index contributed by atoms with van der Waals surface area (Å²) in [7, 11) is 1.82. The maximum atomic E-state index is 13.9. The Morgan fingerprint density at radius 2 is 1.87 bits per heavy atom. The second-order valence-corrected chi connectivity index (χ2v) is 6.64. The van der Waals surface area contributed by atoms with Gasteiger partial charge in [0.2, 0.25) is 0 Å². The van der Waals surface area contributed by atoms with Crippen LogP contribution in [0.5, 0.6) is 0 Å². The van der Waals surface area contributed by atoms with Crippen molar-refractivity contribution >= 4 is 35.0 Å². The van der Waals surface area contributed by atoms with Crippen LogP contribution in [0.1, 0.15) is 5.56 Å². The summed E-state index contributed by atoms with van der Waals surface area (Å²) in [6, 6.07) is 12.0. The molecule has 0 bridgehead atoms. The average Bonchev–Trinajstić information content (AvgIpc) is 2.90. The van der Waals surface area contributed by atoms with Gasteiger partial charge in [-0.05, 0) is 29.8 Å². The lowest BCUT2D eigenvalue weighted by molar-refractivity contribution is 0.628. The molecular formula is C16H12Cl2FN3S. The lowest BCUT2D eigenvalue weighted by atomic mass is 10.2. The van der Waals surface area contributed by atoms with Crippen molar-refractivity contribution in [2.24, 2.45) is 7.05 Å². The van der Waals surface area contributed by atoms with Crippen molar-refractivity contribution in [1.82, 2.24) is 14.8 Å². The van der Waals surface area contributed by atoms with Crippen LogP contribution in [0.25, 0.3) is 11.4 Å². The highest BCUT2D eigenvalue weighted by atomic mass is 35.5. The van der Waals surface area contributed by atoms with Crippen molar-refractivity contribution in [3.63, 3.8) is 0 Å². The van der Waals surface area contributed by atoms with Crippen LogP contribution < -0.4 is 0 Å². The van der Waals surface area contributed by atoms with Crippen LogP contribution in [-0.4, -0.2) is 14.8 Å². The molecule has 0 unspecified atom stereocenters. The Morgan fingerprint density at radius 3 is 2.61 bits per heavy atom. The molecule has 0 aliphatic heterocycles. The Labute approximate surface area is 147 Å². The first kappa shape index (κ1) is 16.3. The largest absolute Gasteiger partial charge is 0.305 e. The second-order valence-electron chi connectivity index (χ2n) is 4.88. The van der Waals surface area contributed by atoms with E-state index in [2.05, 4.69) is 10.2 Å². The smallest absolute Gasteiger partial charge is 0.191 e. The Balaban J connectivity index is 1.80. The van der Waals surface area contributed by atoms with Gasteiger partial charge < -0.3 is 4.57 Å². The number of aromatic nitrogens is 3. The van der Waals surface area contributed by atoms with Gasteiger partial charge in [0.05, 0.1) is 15.6 Å². The summed E-state index contributed by atoms with van der Waals surface area (Å²) in [5.41, 5.74) is 1.46. The summed E-state index contributed by atoms with van der Waals surface area (Å²) in [6.07, 6.45) is 0. The Bertz CT molecular complexity index is 851. The van der Waals surface area contributed by atoms with Crippen molar-refractivity contribution in [2.75, 3.05) is 0 Å². The van der Waals surface area contributed by atoms with Crippen LogP contribution in [0.2, 0.25) is 10.0 Å². The normalized spacial score (nSPS) is 11.0. The standard InChI is InChI=1S/C16H12Cl2FN3S/c1-22-15(11-4-2-3-5-14(11)19)20-21-16(22)23-9-10-6-7-12(17)13(18)8-10/h2-8H,9H2,1H3. The zero-order valence-electron chi connectivity index (χ0n) is 12.1. The van der Waals surface area contributed by atoms with Gasteiger partial charge in [0.25, 0.3) is 0 Å². The number of hydrogen-bond donors (Lipinski definition) is 0. The minimum absolute atomic E-state index is 0.316. The SMILES string of the molecule is Cn1c(SCc2ccc(Cl)c(Cl)c2)nnc1-c1ccccc1F. The molecule has 1 aromatic heterocycles. The van der Waals surface area contributed by atoms with Crippen LogP contribution in [0.15, 0.2) is 47.6 Å². The summed E-state index contributed by atoms with van der Waals surface area (Å²) in [6.45, 7) is 0. The van der Waals surface area contributed by atoms with Crippen molar-refractivity contribution in [2.45, 2.75) is 10.9 Å². The molecule has 0 amide bonds. The van der Waals surface area contributed by atoms with E-state index in [0.717, 1.165) is 5.56 Å². The highest BCUT2D eigenvalue weighted by Crippen LogP contribution is 2.29. The van der Waals surface area contributed by atoms with Gasteiger partial charge in [0, 0.05) is 12.8 Å². The molecule has 0 aliphatic carbocycles. The first-order valence-corrected chi connectivity index (χ1v) is 8.51. The number of hydrogen-bond acceptors (Lipinski definition) is 3. The van der Waals surface area contributed by atoms with Gasteiger partial charge in [0.15, 0.2) is 11.0 Å². The van der Waals surface area contributed by atoms with E-state index in [-0.39, 0.29) is 5.82 Å². The molecule has 1 heterocycles. The first-order chi connectivity index (χ1) is 11.1. The maximum absolute atomic E-state index is 13.9. The minimum atomic E-state index is -0.316. The molecule has 2 aromatic carbocycles. The molecule has 3 aromatic rings. The van der Waals surface area contributed by atoms with Gasteiger partial charge in [-0.3, -0.25) is 0 Å². The van der Waals surface area contributed by atoms with Gasteiger partial charge in [-0.15, -0.1) is 10.2 Å². The van der Waals surface area contributed by atoms with Gasteiger partial charge in [-0.25, -0.2) is 4.39 Å². The molecule has 118 valence electrons. The summed E-state index contributed by atoms with van der Waals surface area (Å²) in [5, 5.41) is 9.99. The third kappa shape index (κ3) is 3.52. The van der Waals surface area contributed by atoms with Crippen molar-refractivity contribution in [1.29, 1.82) is 0 Å². The molecule has 3 rings (SSSR count). The number of rotatable bonds is 4. The molecule has 0 atom stereocenters. The molecule has 0 aliphatic rings. The van der Waals surface area contributed by atoms with Crippen LogP contribution in [0.3, 0.4) is 0 Å². The van der Waals surface area contributed by atoms with E-state index in [1.54, 1.807) is 28.8 Å². The lowest BCUT2D eigenvalue weighted by Crippen LogP contribution is -1.96. The van der Waals surface area contributed by atoms with E-state index < -0.39 is 0 Å². The molecule has 23 heavy (non-hydrogen) atoms. The highest BCUT2D eigenvalue weighted by molar-refractivity contribution is 7.98.